The topological polar surface area (TPSA) is 76.7 Å². The van der Waals surface area contributed by atoms with E-state index < -0.39 is 0 Å². The predicted octanol–water partition coefficient (Wildman–Crippen LogP) is 4.21. The molecule has 2 N–H and O–H groups in total. The molecule has 3 aromatic rings. The van der Waals surface area contributed by atoms with Crippen molar-refractivity contribution < 1.29 is 19.1 Å². The van der Waals surface area contributed by atoms with Crippen molar-refractivity contribution in [2.45, 2.75) is 0 Å². The maximum Gasteiger partial charge on any atom is 0.255 e. The molecular weight excluding hydrogens is 356 g/mol. The van der Waals surface area contributed by atoms with Crippen LogP contribution in [0.3, 0.4) is 0 Å². The molecule has 0 atom stereocenters. The zero-order valence-electron chi connectivity index (χ0n) is 15.6. The molecule has 0 spiro atoms. The Labute approximate surface area is 163 Å². The smallest absolute Gasteiger partial charge is 0.255 e. The summed E-state index contributed by atoms with van der Waals surface area (Å²) in [5.41, 5.74) is 2.23. The lowest BCUT2D eigenvalue weighted by Crippen LogP contribution is -2.13. The molecule has 2 amide bonds. The number of hydrogen-bond donors (Lipinski definition) is 2. The lowest BCUT2D eigenvalue weighted by Gasteiger charge is -2.09. The summed E-state index contributed by atoms with van der Waals surface area (Å²) < 4.78 is 10.3. The third-order valence-electron chi connectivity index (χ3n) is 4.06. The van der Waals surface area contributed by atoms with E-state index in [0.29, 0.717) is 34.0 Å². The highest BCUT2D eigenvalue weighted by Crippen LogP contribution is 2.18. The predicted molar refractivity (Wildman–Crippen MR) is 108 cm³/mol. The van der Waals surface area contributed by atoms with E-state index in [0.717, 1.165) is 0 Å². The number of nitrogens with one attached hydrogen (secondary N) is 2. The number of carbonyl (C=O) groups is 2. The van der Waals surface area contributed by atoms with Crippen molar-refractivity contribution in [1.82, 2.24) is 0 Å². The van der Waals surface area contributed by atoms with Crippen molar-refractivity contribution in [3.05, 3.63) is 83.9 Å². The van der Waals surface area contributed by atoms with Gasteiger partial charge in [0.05, 0.1) is 14.2 Å². The van der Waals surface area contributed by atoms with Crippen molar-refractivity contribution >= 4 is 23.2 Å². The molecule has 0 fully saturated rings. The number of amides is 2. The summed E-state index contributed by atoms with van der Waals surface area (Å²) in [5, 5.41) is 5.63. The molecule has 0 aliphatic rings. The van der Waals surface area contributed by atoms with Crippen LogP contribution < -0.4 is 20.1 Å². The largest absolute Gasteiger partial charge is 0.497 e. The van der Waals surface area contributed by atoms with Crippen molar-refractivity contribution in [2.24, 2.45) is 0 Å². The molecule has 0 radical (unpaired) electrons. The highest BCUT2D eigenvalue weighted by molar-refractivity contribution is 6.06. The minimum atomic E-state index is -0.243. The lowest BCUT2D eigenvalue weighted by atomic mass is 10.2. The van der Waals surface area contributed by atoms with E-state index >= 15 is 0 Å². The highest BCUT2D eigenvalue weighted by atomic mass is 16.5. The Morgan fingerprint density at radius 2 is 1.04 bits per heavy atom. The van der Waals surface area contributed by atoms with E-state index in [9.17, 15) is 9.59 Å². The molecule has 6 nitrogen and oxygen atoms in total. The van der Waals surface area contributed by atoms with E-state index in [1.165, 1.54) is 0 Å². The average Bonchev–Trinajstić information content (AvgIpc) is 2.75. The van der Waals surface area contributed by atoms with Crippen LogP contribution in [0.25, 0.3) is 0 Å². The van der Waals surface area contributed by atoms with Crippen molar-refractivity contribution in [1.29, 1.82) is 0 Å². The van der Waals surface area contributed by atoms with Crippen LogP contribution in [-0.4, -0.2) is 26.0 Å². The van der Waals surface area contributed by atoms with Gasteiger partial charge >= 0.3 is 0 Å². The Morgan fingerprint density at radius 1 is 0.643 bits per heavy atom. The minimum Gasteiger partial charge on any atom is -0.497 e. The molecule has 0 saturated heterocycles. The Kier molecular flexibility index (Phi) is 5.91. The van der Waals surface area contributed by atoms with Crippen LogP contribution in [0.4, 0.5) is 11.4 Å². The summed E-state index contributed by atoms with van der Waals surface area (Å²) >= 11 is 0. The number of rotatable bonds is 6. The van der Waals surface area contributed by atoms with Crippen LogP contribution in [0.15, 0.2) is 72.8 Å². The minimum absolute atomic E-state index is 0.243. The van der Waals surface area contributed by atoms with Crippen molar-refractivity contribution in [2.75, 3.05) is 24.9 Å². The molecule has 0 aliphatic heterocycles. The van der Waals surface area contributed by atoms with Crippen LogP contribution in [0.5, 0.6) is 11.5 Å². The van der Waals surface area contributed by atoms with Crippen molar-refractivity contribution in [3.63, 3.8) is 0 Å². The third kappa shape index (κ3) is 4.67. The lowest BCUT2D eigenvalue weighted by molar-refractivity contribution is 0.101. The fourth-order valence-corrected chi connectivity index (χ4v) is 2.57. The van der Waals surface area contributed by atoms with Gasteiger partial charge in [0, 0.05) is 22.5 Å². The molecule has 28 heavy (non-hydrogen) atoms. The van der Waals surface area contributed by atoms with E-state index in [1.54, 1.807) is 87.0 Å². The number of ether oxygens (including phenoxy) is 2. The van der Waals surface area contributed by atoms with E-state index in [4.69, 9.17) is 9.47 Å². The zero-order valence-corrected chi connectivity index (χ0v) is 15.6. The Balaban J connectivity index is 1.64. The van der Waals surface area contributed by atoms with Crippen LogP contribution in [0, 0.1) is 0 Å². The molecule has 6 heteroatoms. The SMILES string of the molecule is COc1cccc(C(=O)Nc2ccc(NC(=O)c3cccc(OC)c3)cc2)c1. The van der Waals surface area contributed by atoms with Gasteiger partial charge in [0.2, 0.25) is 0 Å². The van der Waals surface area contributed by atoms with Gasteiger partial charge in [-0.1, -0.05) is 12.1 Å². The molecule has 0 aromatic heterocycles. The van der Waals surface area contributed by atoms with Gasteiger partial charge in [-0.05, 0) is 60.7 Å². The van der Waals surface area contributed by atoms with Crippen LogP contribution in [0.2, 0.25) is 0 Å². The normalized spacial score (nSPS) is 10.1. The Bertz CT molecular complexity index is 903. The zero-order chi connectivity index (χ0) is 19.9. The number of hydrogen-bond acceptors (Lipinski definition) is 4. The highest BCUT2D eigenvalue weighted by Gasteiger charge is 2.09. The fraction of sp³-hybridized carbons (Fsp3) is 0.0909. The maximum atomic E-state index is 12.3. The molecule has 0 unspecified atom stereocenters. The number of carbonyl (C=O) groups excluding carboxylic acids is 2. The summed E-state index contributed by atoms with van der Waals surface area (Å²) in [6.07, 6.45) is 0. The van der Waals surface area contributed by atoms with Gasteiger partial charge in [-0.3, -0.25) is 9.59 Å². The van der Waals surface area contributed by atoms with Crippen LogP contribution in [0.1, 0.15) is 20.7 Å². The van der Waals surface area contributed by atoms with Gasteiger partial charge in [0.25, 0.3) is 11.8 Å². The first-order chi connectivity index (χ1) is 13.6. The average molecular weight is 376 g/mol. The van der Waals surface area contributed by atoms with E-state index in [2.05, 4.69) is 10.6 Å². The molecule has 3 aromatic carbocycles. The van der Waals surface area contributed by atoms with Crippen LogP contribution in [-0.2, 0) is 0 Å². The molecule has 142 valence electrons. The Hall–Kier alpha value is -3.80. The van der Waals surface area contributed by atoms with Gasteiger partial charge in [0.15, 0.2) is 0 Å². The Morgan fingerprint density at radius 3 is 1.39 bits per heavy atom. The second-order valence-electron chi connectivity index (χ2n) is 5.95. The monoisotopic (exact) mass is 376 g/mol. The van der Waals surface area contributed by atoms with Gasteiger partial charge in [-0.25, -0.2) is 0 Å². The van der Waals surface area contributed by atoms with Gasteiger partial charge in [0.1, 0.15) is 11.5 Å². The fourth-order valence-electron chi connectivity index (χ4n) is 2.57. The molecule has 0 aliphatic carbocycles. The second-order valence-corrected chi connectivity index (χ2v) is 5.95. The third-order valence-corrected chi connectivity index (χ3v) is 4.06. The molecular formula is C22H20N2O4. The quantitative estimate of drug-likeness (QED) is 0.676. The molecule has 0 saturated carbocycles. The second kappa shape index (κ2) is 8.73. The summed E-state index contributed by atoms with van der Waals surface area (Å²) in [5.74, 6) is 0.741. The van der Waals surface area contributed by atoms with Crippen molar-refractivity contribution in [3.8, 4) is 11.5 Å². The van der Waals surface area contributed by atoms with Crippen LogP contribution >= 0.6 is 0 Å². The molecule has 3 rings (SSSR count). The first kappa shape index (κ1) is 19.0. The number of benzene rings is 3. The molecule has 0 heterocycles. The van der Waals surface area contributed by atoms with Gasteiger partial charge in [-0.2, -0.15) is 0 Å². The summed E-state index contributed by atoms with van der Waals surface area (Å²) in [6, 6.07) is 20.7. The number of methoxy groups -OCH3 is 2. The van der Waals surface area contributed by atoms with Gasteiger partial charge in [-0.15, -0.1) is 0 Å². The summed E-state index contributed by atoms with van der Waals surface area (Å²) in [6.45, 7) is 0. The standard InChI is InChI=1S/C22H20N2O4/c1-27-19-7-3-5-15(13-19)21(25)23-17-9-11-18(12-10-17)24-22(26)16-6-4-8-20(14-16)28-2/h3-14H,1-2H3,(H,23,25)(H,24,26). The molecule has 0 bridgehead atoms. The van der Waals surface area contributed by atoms with Gasteiger partial charge < -0.3 is 20.1 Å². The summed E-state index contributed by atoms with van der Waals surface area (Å²) in [7, 11) is 3.10. The first-order valence-electron chi connectivity index (χ1n) is 8.60. The maximum absolute atomic E-state index is 12.3. The summed E-state index contributed by atoms with van der Waals surface area (Å²) in [4.78, 5) is 24.7. The van der Waals surface area contributed by atoms with E-state index in [1.807, 2.05) is 0 Å². The number of anilines is 2. The first-order valence-corrected chi connectivity index (χ1v) is 8.60. The van der Waals surface area contributed by atoms with E-state index in [-0.39, 0.29) is 11.8 Å².